The van der Waals surface area contributed by atoms with E-state index in [2.05, 4.69) is 19.7 Å². The summed E-state index contributed by atoms with van der Waals surface area (Å²) in [5.74, 6) is 0. The van der Waals surface area contributed by atoms with Crippen LogP contribution in [0.4, 0.5) is 0 Å². The predicted molar refractivity (Wildman–Crippen MR) is 42.6 cm³/mol. The van der Waals surface area contributed by atoms with Crippen LogP contribution in [0, 0.1) is 0 Å². The Morgan fingerprint density at radius 3 is 1.57 bits per heavy atom. The van der Waals surface area contributed by atoms with Gasteiger partial charge in [-0.15, -0.1) is 12.3 Å². The van der Waals surface area contributed by atoms with Crippen molar-refractivity contribution in [3.8, 4) is 0 Å². The molecule has 0 unspecified atom stereocenters. The van der Waals surface area contributed by atoms with Gasteiger partial charge in [0.15, 0.2) is 0 Å². The molecule has 1 nitrogen and oxygen atoms in total. The fourth-order valence-corrected chi connectivity index (χ4v) is 0. The molecule has 0 saturated heterocycles. The Bertz CT molecular complexity index is 36.7. The van der Waals surface area contributed by atoms with Crippen LogP contribution in [0.15, 0.2) is 12.3 Å². The van der Waals surface area contributed by atoms with Crippen molar-refractivity contribution < 1.29 is 5.48 Å². The Hall–Kier alpha value is 0.134. The summed E-state index contributed by atoms with van der Waals surface area (Å²) in [7, 11) is -0.110. The quantitative estimate of drug-likeness (QED) is 0.421. The van der Waals surface area contributed by atoms with Crippen LogP contribution in [-0.2, 0) is 0 Å². The molecule has 0 aromatic carbocycles. The van der Waals surface area contributed by atoms with Crippen molar-refractivity contribution in [2.75, 3.05) is 0 Å². The first-order valence-corrected chi connectivity index (χ1v) is 4.27. The van der Waals surface area contributed by atoms with E-state index in [4.69, 9.17) is 0 Å². The molecule has 2 N–H and O–H groups in total. The molecule has 7 heavy (non-hydrogen) atoms. The molecule has 0 saturated carbocycles. The van der Waals surface area contributed by atoms with E-state index in [1.807, 2.05) is 5.70 Å². The molecule has 0 bridgehead atoms. The minimum Gasteiger partial charge on any atom is -0.412 e. The zero-order valence-corrected chi connectivity index (χ0v) is 5.28. The molecule has 0 aromatic heterocycles. The van der Waals surface area contributed by atoms with Crippen LogP contribution in [-0.4, -0.2) is 25.2 Å². The molecule has 0 fully saturated rings. The van der Waals surface area contributed by atoms with Gasteiger partial charge in [0.25, 0.3) is 0 Å². The lowest BCUT2D eigenvalue weighted by atomic mass is 11.3. The first-order valence-electron chi connectivity index (χ1n) is 1.70. The maximum atomic E-state index is 3.61. The highest BCUT2D eigenvalue weighted by atomic mass is 28.3. The maximum absolute atomic E-state index is 3.61. The molecule has 1 radical (unpaired) electrons. The van der Waals surface area contributed by atoms with Crippen LogP contribution in [0.2, 0.25) is 13.1 Å². The molecule has 0 aliphatic heterocycles. The van der Waals surface area contributed by atoms with E-state index in [1.54, 1.807) is 0 Å². The highest BCUT2D eigenvalue weighted by Gasteiger charge is 1.78. The van der Waals surface area contributed by atoms with Gasteiger partial charge in [-0.2, -0.15) is 0 Å². The third-order valence-electron chi connectivity index (χ3n) is 0.408. The molecule has 0 atom stereocenters. The second-order valence-corrected chi connectivity index (χ2v) is 3.84. The van der Waals surface area contributed by atoms with E-state index in [0.717, 1.165) is 0 Å². The van der Waals surface area contributed by atoms with Crippen molar-refractivity contribution in [3.63, 3.8) is 0 Å². The molecular weight excluding hydrogens is 120 g/mol. The van der Waals surface area contributed by atoms with Crippen molar-refractivity contribution in [1.82, 2.24) is 0 Å². The molecule has 3 heteroatoms. The second-order valence-electron chi connectivity index (χ2n) is 1.28. The van der Waals surface area contributed by atoms with E-state index >= 15 is 0 Å². The van der Waals surface area contributed by atoms with Gasteiger partial charge in [-0.3, -0.25) is 0 Å². The zero-order valence-electron chi connectivity index (χ0n) is 4.28. The number of hydrogen-bond acceptors (Lipinski definition) is 0. The first-order chi connectivity index (χ1) is 2.27. The summed E-state index contributed by atoms with van der Waals surface area (Å²) in [5.41, 5.74) is 2.02. The molecule has 45 valence electrons. The van der Waals surface area contributed by atoms with E-state index < -0.39 is 0 Å². The SMILES string of the molecule is C=C[Si](C)C.O.[SiH4]. The van der Waals surface area contributed by atoms with Crippen LogP contribution in [0.25, 0.3) is 0 Å². The normalized spacial score (nSPS) is 6.14. The van der Waals surface area contributed by atoms with Gasteiger partial charge in [-0.25, -0.2) is 0 Å². The smallest absolute Gasteiger partial charge is 0.0685 e. The third kappa shape index (κ3) is 23.0. The highest BCUT2D eigenvalue weighted by molar-refractivity contribution is 6.61. The van der Waals surface area contributed by atoms with Gasteiger partial charge in [0.05, 0.1) is 8.80 Å². The Morgan fingerprint density at radius 1 is 1.43 bits per heavy atom. The summed E-state index contributed by atoms with van der Waals surface area (Å²) in [4.78, 5) is 0. The fraction of sp³-hybridized carbons (Fsp3) is 0.500. The molecule has 0 rings (SSSR count). The van der Waals surface area contributed by atoms with Gasteiger partial charge >= 0.3 is 0 Å². The molecule has 0 aliphatic carbocycles. The molecule has 0 spiro atoms. The summed E-state index contributed by atoms with van der Waals surface area (Å²) >= 11 is 0. The Morgan fingerprint density at radius 2 is 1.57 bits per heavy atom. The molecule has 0 aliphatic rings. The van der Waals surface area contributed by atoms with E-state index in [0.29, 0.717) is 0 Å². The largest absolute Gasteiger partial charge is 0.412 e. The van der Waals surface area contributed by atoms with Crippen molar-refractivity contribution in [1.29, 1.82) is 0 Å². The Labute approximate surface area is 51.4 Å². The minimum absolute atomic E-state index is 0. The van der Waals surface area contributed by atoms with Crippen LogP contribution in [0.1, 0.15) is 0 Å². The summed E-state index contributed by atoms with van der Waals surface area (Å²) < 4.78 is 0. The predicted octanol–water partition coefficient (Wildman–Crippen LogP) is -0.810. The highest BCUT2D eigenvalue weighted by Crippen LogP contribution is 1.73. The van der Waals surface area contributed by atoms with Crippen LogP contribution < -0.4 is 0 Å². The van der Waals surface area contributed by atoms with Crippen molar-refractivity contribution in [2.24, 2.45) is 0 Å². The summed E-state index contributed by atoms with van der Waals surface area (Å²) in [5, 5.41) is 0. The summed E-state index contributed by atoms with van der Waals surface area (Å²) in [6, 6.07) is 0. The Kier molecular flexibility index (Phi) is 21.2. The first kappa shape index (κ1) is 15.7. The number of rotatable bonds is 1. The van der Waals surface area contributed by atoms with Gasteiger partial charge in [0.2, 0.25) is 0 Å². The van der Waals surface area contributed by atoms with Crippen molar-refractivity contribution >= 4 is 19.8 Å². The van der Waals surface area contributed by atoms with Crippen LogP contribution in [0.3, 0.4) is 0 Å². The third-order valence-corrected chi connectivity index (χ3v) is 1.22. The molecular formula is C4H15OSi2. The van der Waals surface area contributed by atoms with E-state index in [-0.39, 0.29) is 25.2 Å². The van der Waals surface area contributed by atoms with Crippen LogP contribution in [0.5, 0.6) is 0 Å². The van der Waals surface area contributed by atoms with Crippen LogP contribution >= 0.6 is 0 Å². The van der Waals surface area contributed by atoms with Gasteiger partial charge < -0.3 is 5.48 Å². The standard InChI is InChI=1S/C4H9Si.H2O.H4Si/c1-4-5(2)3;;/h4H,1H2,2-3H3;1H2;1H4. The van der Waals surface area contributed by atoms with Gasteiger partial charge in [-0.1, -0.05) is 13.1 Å². The van der Waals surface area contributed by atoms with Gasteiger partial charge in [0.1, 0.15) is 0 Å². The lowest BCUT2D eigenvalue weighted by Gasteiger charge is -1.80. The average molecular weight is 135 g/mol. The lowest BCUT2D eigenvalue weighted by Crippen LogP contribution is -1.89. The zero-order chi connectivity index (χ0) is 4.28. The fourth-order valence-electron chi connectivity index (χ4n) is 0. The molecule has 0 aromatic rings. The van der Waals surface area contributed by atoms with E-state index in [9.17, 15) is 0 Å². The lowest BCUT2D eigenvalue weighted by molar-refractivity contribution is 0.824. The minimum atomic E-state index is -0.110. The second kappa shape index (κ2) is 9.46. The topological polar surface area (TPSA) is 31.5 Å². The van der Waals surface area contributed by atoms with Crippen molar-refractivity contribution in [2.45, 2.75) is 13.1 Å². The summed E-state index contributed by atoms with van der Waals surface area (Å²) in [6.07, 6.45) is 0. The molecule has 0 heterocycles. The number of hydrogen-bond donors (Lipinski definition) is 0. The van der Waals surface area contributed by atoms with Gasteiger partial charge in [-0.05, 0) is 11.0 Å². The summed E-state index contributed by atoms with van der Waals surface area (Å²) in [6.45, 7) is 8.02. The van der Waals surface area contributed by atoms with Gasteiger partial charge in [0, 0.05) is 0 Å². The molecule has 0 amide bonds. The van der Waals surface area contributed by atoms with Crippen molar-refractivity contribution in [3.05, 3.63) is 12.3 Å². The average Bonchev–Trinajstić information content (AvgIpc) is 1.38. The maximum Gasteiger partial charge on any atom is 0.0685 e. The van der Waals surface area contributed by atoms with E-state index in [1.165, 1.54) is 0 Å². The monoisotopic (exact) mass is 135 g/mol. The Balaban J connectivity index is -0.0000000800.